The minimum atomic E-state index is -4.01. The summed E-state index contributed by atoms with van der Waals surface area (Å²) in [6.45, 7) is 8.37. The predicted molar refractivity (Wildman–Crippen MR) is 202 cm³/mol. The van der Waals surface area contributed by atoms with Gasteiger partial charge in [0.05, 0.1) is 41.6 Å². The number of benzene rings is 3. The second-order valence-corrected chi connectivity index (χ2v) is 16.0. The number of hydrogen-bond acceptors (Lipinski definition) is 7. The number of methoxy groups -OCH3 is 1. The van der Waals surface area contributed by atoms with Gasteiger partial charge in [0.25, 0.3) is 0 Å². The van der Waals surface area contributed by atoms with E-state index in [1.54, 1.807) is 23.2 Å². The van der Waals surface area contributed by atoms with Crippen molar-refractivity contribution in [2.24, 2.45) is 17.8 Å². The first-order valence-electron chi connectivity index (χ1n) is 18.0. The van der Waals surface area contributed by atoms with Gasteiger partial charge in [0, 0.05) is 37.8 Å². The van der Waals surface area contributed by atoms with Crippen molar-refractivity contribution >= 4 is 32.9 Å². The van der Waals surface area contributed by atoms with Gasteiger partial charge in [-0.2, -0.15) is 4.31 Å². The van der Waals surface area contributed by atoms with Crippen LogP contribution < -0.4 is 15.4 Å². The average Bonchev–Trinajstić information content (AvgIpc) is 3.49. The fourth-order valence-corrected chi connectivity index (χ4v) is 8.57. The predicted octanol–water partition coefficient (Wildman–Crippen LogP) is 5.23. The van der Waals surface area contributed by atoms with E-state index in [0.29, 0.717) is 25.3 Å². The molecule has 1 aliphatic heterocycles. The van der Waals surface area contributed by atoms with Crippen molar-refractivity contribution in [1.82, 2.24) is 24.8 Å². The van der Waals surface area contributed by atoms with Gasteiger partial charge >= 0.3 is 6.03 Å². The van der Waals surface area contributed by atoms with Crippen LogP contribution in [0.5, 0.6) is 5.75 Å². The first kappa shape index (κ1) is 38.7. The topological polar surface area (TPSA) is 141 Å². The Hall–Kier alpha value is -4.52. The number of ether oxygens (including phenoxy) is 1. The summed E-state index contributed by atoms with van der Waals surface area (Å²) in [5.74, 6) is -0.529. The third-order valence-corrected chi connectivity index (χ3v) is 11.8. The first-order chi connectivity index (χ1) is 24.9. The zero-order valence-electron chi connectivity index (χ0n) is 30.6. The summed E-state index contributed by atoms with van der Waals surface area (Å²) in [6.07, 6.45) is 1.43. The molecule has 5 atom stereocenters. The Kier molecular flexibility index (Phi) is 12.9. The molecule has 3 amide bonds. The maximum atomic E-state index is 14.6. The highest BCUT2D eigenvalue weighted by molar-refractivity contribution is 7.89. The lowest BCUT2D eigenvalue weighted by molar-refractivity contribution is -0.130. The Labute approximate surface area is 307 Å². The number of pyridine rings is 1. The smallest absolute Gasteiger partial charge is 0.318 e. The van der Waals surface area contributed by atoms with Gasteiger partial charge in [-0.3, -0.25) is 9.78 Å². The number of aliphatic hydroxyl groups is 1. The summed E-state index contributed by atoms with van der Waals surface area (Å²) >= 11 is 0. The number of aromatic nitrogens is 1. The van der Waals surface area contributed by atoms with Crippen LogP contribution in [0.1, 0.15) is 45.2 Å². The Bertz CT molecular complexity index is 1900. The van der Waals surface area contributed by atoms with E-state index in [-0.39, 0.29) is 48.2 Å². The molecule has 3 aromatic carbocycles. The molecule has 12 heteroatoms. The fraction of sp³-hybridized carbons (Fsp3) is 0.425. The van der Waals surface area contributed by atoms with Crippen molar-refractivity contribution in [3.63, 3.8) is 0 Å². The van der Waals surface area contributed by atoms with E-state index >= 15 is 0 Å². The molecule has 0 saturated carbocycles. The highest BCUT2D eigenvalue weighted by Gasteiger charge is 2.43. The van der Waals surface area contributed by atoms with Crippen molar-refractivity contribution < 1.29 is 27.9 Å². The number of urea groups is 1. The molecule has 1 aromatic heterocycles. The average molecular weight is 730 g/mol. The summed E-state index contributed by atoms with van der Waals surface area (Å²) in [6, 6.07) is 23.8. The van der Waals surface area contributed by atoms with Gasteiger partial charge in [0.15, 0.2) is 0 Å². The number of aliphatic hydroxyl groups excluding tert-OH is 1. The van der Waals surface area contributed by atoms with Crippen molar-refractivity contribution in [3.8, 4) is 5.75 Å². The molecule has 0 bridgehead atoms. The fourth-order valence-electron chi connectivity index (χ4n) is 6.95. The lowest BCUT2D eigenvalue weighted by Crippen LogP contribution is -2.55. The van der Waals surface area contributed by atoms with E-state index in [0.717, 1.165) is 22.0 Å². The third kappa shape index (κ3) is 9.09. The van der Waals surface area contributed by atoms with Gasteiger partial charge in [-0.05, 0) is 65.8 Å². The molecule has 1 aliphatic rings. The van der Waals surface area contributed by atoms with Gasteiger partial charge in [0.1, 0.15) is 5.75 Å². The Morgan fingerprint density at radius 3 is 2.38 bits per heavy atom. The maximum Gasteiger partial charge on any atom is 0.318 e. The molecule has 1 saturated heterocycles. The minimum Gasteiger partial charge on any atom is -0.497 e. The number of para-hydroxylation sites is 1. The van der Waals surface area contributed by atoms with Crippen LogP contribution in [0.25, 0.3) is 10.9 Å². The molecule has 0 radical (unpaired) electrons. The normalized spacial score (nSPS) is 17.2. The molecule has 52 heavy (non-hydrogen) atoms. The highest BCUT2D eigenvalue weighted by atomic mass is 32.2. The number of carbonyl (C=O) groups is 2. The van der Waals surface area contributed by atoms with Gasteiger partial charge in [-0.25, -0.2) is 13.2 Å². The molecule has 5 rings (SSSR count). The van der Waals surface area contributed by atoms with Crippen molar-refractivity contribution in [2.45, 2.75) is 70.2 Å². The SMILES string of the molecule is CC[C@H](C)[C@H](C(=O)N[C@@H](Cc1ccccc1)[C@H](O)CN(CC(C)C)S(=O)(=O)c1ccc(OC)cc1)C1CNC(=O)N1Cc1ccnc2ccccc12. The Morgan fingerprint density at radius 1 is 1.02 bits per heavy atom. The summed E-state index contributed by atoms with van der Waals surface area (Å²) < 4.78 is 34.4. The van der Waals surface area contributed by atoms with E-state index in [9.17, 15) is 23.1 Å². The van der Waals surface area contributed by atoms with Crippen molar-refractivity contribution in [1.29, 1.82) is 0 Å². The van der Waals surface area contributed by atoms with Crippen LogP contribution >= 0.6 is 0 Å². The quantitative estimate of drug-likeness (QED) is 0.135. The number of hydrogen-bond donors (Lipinski definition) is 3. The van der Waals surface area contributed by atoms with E-state index in [2.05, 4.69) is 15.6 Å². The summed E-state index contributed by atoms with van der Waals surface area (Å²) in [5, 5.41) is 19.0. The van der Waals surface area contributed by atoms with Crippen LogP contribution in [0, 0.1) is 17.8 Å². The van der Waals surface area contributed by atoms with Crippen LogP contribution in [-0.2, 0) is 27.8 Å². The Morgan fingerprint density at radius 2 is 1.71 bits per heavy atom. The molecule has 1 fully saturated rings. The Balaban J connectivity index is 1.43. The molecule has 0 aliphatic carbocycles. The maximum absolute atomic E-state index is 14.6. The molecular formula is C40H51N5O6S. The second kappa shape index (κ2) is 17.3. The van der Waals surface area contributed by atoms with Crippen LogP contribution in [0.2, 0.25) is 0 Å². The van der Waals surface area contributed by atoms with Gasteiger partial charge < -0.3 is 25.4 Å². The van der Waals surface area contributed by atoms with Crippen molar-refractivity contribution in [2.75, 3.05) is 26.7 Å². The molecule has 278 valence electrons. The second-order valence-electron chi connectivity index (χ2n) is 14.0. The number of fused-ring (bicyclic) bond motifs is 1. The van der Waals surface area contributed by atoms with E-state index in [4.69, 9.17) is 4.74 Å². The molecule has 11 nitrogen and oxygen atoms in total. The summed E-state index contributed by atoms with van der Waals surface area (Å²) in [4.78, 5) is 34.2. The van der Waals surface area contributed by atoms with Gasteiger partial charge in [-0.15, -0.1) is 0 Å². The first-order valence-corrected chi connectivity index (χ1v) is 19.4. The van der Waals surface area contributed by atoms with E-state index in [1.165, 1.54) is 23.5 Å². The highest BCUT2D eigenvalue weighted by Crippen LogP contribution is 2.30. The van der Waals surface area contributed by atoms with Crippen molar-refractivity contribution in [3.05, 3.63) is 102 Å². The lowest BCUT2D eigenvalue weighted by atomic mass is 9.83. The number of amides is 3. The molecule has 2 heterocycles. The van der Waals surface area contributed by atoms with Crippen LogP contribution in [0.3, 0.4) is 0 Å². The van der Waals surface area contributed by atoms with E-state index < -0.39 is 34.1 Å². The largest absolute Gasteiger partial charge is 0.497 e. The molecular weight excluding hydrogens is 679 g/mol. The number of nitrogens with one attached hydrogen (secondary N) is 2. The number of rotatable bonds is 17. The lowest BCUT2D eigenvalue weighted by Gasteiger charge is -2.36. The molecule has 1 unspecified atom stereocenters. The zero-order chi connectivity index (χ0) is 37.4. The minimum absolute atomic E-state index is 0.0342. The van der Waals surface area contributed by atoms with Gasteiger partial charge in [0.2, 0.25) is 15.9 Å². The standard InChI is InChI=1S/C40H51N5O6S/c1-6-28(4)38(36-23-42-40(48)45(36)25-30-20-21-41-34-15-11-10-14-33(30)34)39(47)43-35(22-29-12-8-7-9-13-29)37(46)26-44(24-27(2)3)52(49,50)32-18-16-31(51-5)17-19-32/h7-21,27-28,35-38,46H,6,22-26H2,1-5H3,(H,42,48)(H,43,47)/t28-,35-,36?,37+,38-/m0/s1. The van der Waals surface area contributed by atoms with Gasteiger partial charge in [-0.1, -0.05) is 82.6 Å². The molecule has 0 spiro atoms. The third-order valence-electron chi connectivity index (χ3n) is 9.93. The molecule has 3 N–H and O–H groups in total. The molecule has 4 aromatic rings. The van der Waals surface area contributed by atoms with Crippen LogP contribution in [0.4, 0.5) is 4.79 Å². The monoisotopic (exact) mass is 729 g/mol. The summed E-state index contributed by atoms with van der Waals surface area (Å²) in [7, 11) is -2.50. The number of carbonyl (C=O) groups excluding carboxylic acids is 2. The van der Waals surface area contributed by atoms with E-state index in [1.807, 2.05) is 88.4 Å². The number of sulfonamides is 1. The summed E-state index contributed by atoms with van der Waals surface area (Å²) in [5.41, 5.74) is 2.63. The van der Waals surface area contributed by atoms with Crippen LogP contribution in [-0.4, -0.2) is 84.6 Å². The zero-order valence-corrected chi connectivity index (χ0v) is 31.4. The van der Waals surface area contributed by atoms with Crippen LogP contribution in [0.15, 0.2) is 96.0 Å². The number of nitrogens with zero attached hydrogens (tertiary/aromatic N) is 3.